The van der Waals surface area contributed by atoms with Gasteiger partial charge in [0.2, 0.25) is 0 Å². The van der Waals surface area contributed by atoms with Crippen LogP contribution in [0.2, 0.25) is 6.82 Å². The zero-order valence-electron chi connectivity index (χ0n) is 10.5. The highest BCUT2D eigenvalue weighted by Gasteiger charge is 2.24. The number of rotatable bonds is 3. The lowest BCUT2D eigenvalue weighted by atomic mass is 9.82. The summed E-state index contributed by atoms with van der Waals surface area (Å²) in [5.41, 5.74) is 1.35. The van der Waals surface area contributed by atoms with Crippen LogP contribution in [0.1, 0.15) is 18.5 Å². The maximum absolute atomic E-state index is 9.58. The number of aromatic nitrogens is 1. The van der Waals surface area contributed by atoms with Crippen molar-refractivity contribution in [2.45, 2.75) is 25.7 Å². The second-order valence-electron chi connectivity index (χ2n) is 4.65. The molecular weight excluding hydrogens is 227 g/mol. The number of nitriles is 1. The van der Waals surface area contributed by atoms with Crippen molar-refractivity contribution in [3.8, 4) is 6.07 Å². The molecule has 1 fully saturated rings. The monoisotopic (exact) mass is 244 g/mol. The van der Waals surface area contributed by atoms with Gasteiger partial charge in [-0.1, -0.05) is 0 Å². The van der Waals surface area contributed by atoms with Crippen LogP contribution in [0.5, 0.6) is 0 Å². The summed E-state index contributed by atoms with van der Waals surface area (Å²) >= 11 is 0. The van der Waals surface area contributed by atoms with Gasteiger partial charge in [0.15, 0.2) is 0 Å². The Morgan fingerprint density at radius 2 is 2.44 bits per heavy atom. The largest absolute Gasteiger partial charge is 0.437 e. The molecule has 0 spiro atoms. The van der Waals surface area contributed by atoms with E-state index in [1.807, 2.05) is 12.1 Å². The van der Waals surface area contributed by atoms with Crippen LogP contribution in [0.4, 0.5) is 5.69 Å². The maximum atomic E-state index is 9.58. The Kier molecular flexibility index (Phi) is 4.18. The lowest BCUT2D eigenvalue weighted by molar-refractivity contribution is 0.295. The number of hydrogen-bond donors (Lipinski definition) is 2. The first-order chi connectivity index (χ1) is 8.69. The fourth-order valence-corrected chi connectivity index (χ4v) is 2.24. The first kappa shape index (κ1) is 12.9. The molecule has 2 rings (SSSR count). The van der Waals surface area contributed by atoms with Gasteiger partial charge in [0.05, 0.1) is 11.9 Å². The molecule has 0 amide bonds. The Morgan fingerprint density at radius 3 is 3.06 bits per heavy atom. The second kappa shape index (κ2) is 5.85. The molecule has 2 heterocycles. The van der Waals surface area contributed by atoms with Crippen molar-refractivity contribution in [2.75, 3.05) is 18.4 Å². The molecule has 1 aromatic rings. The SMILES string of the molecule is CB(O)N1CCC[C@@H](Nc2ccc(C#N)nc2)C1. The molecule has 0 aliphatic carbocycles. The summed E-state index contributed by atoms with van der Waals surface area (Å²) < 4.78 is 0. The summed E-state index contributed by atoms with van der Waals surface area (Å²) in [7, 11) is -0.395. The van der Waals surface area contributed by atoms with Crippen LogP contribution < -0.4 is 5.32 Å². The second-order valence-corrected chi connectivity index (χ2v) is 4.65. The molecule has 2 N–H and O–H groups in total. The average molecular weight is 244 g/mol. The minimum atomic E-state index is -0.395. The Bertz CT molecular complexity index is 429. The fourth-order valence-electron chi connectivity index (χ4n) is 2.24. The normalized spacial score (nSPS) is 20.2. The zero-order chi connectivity index (χ0) is 13.0. The number of anilines is 1. The molecule has 1 aromatic heterocycles. The summed E-state index contributed by atoms with van der Waals surface area (Å²) in [4.78, 5) is 6.08. The molecule has 94 valence electrons. The number of nitrogens with zero attached hydrogens (tertiary/aromatic N) is 3. The van der Waals surface area contributed by atoms with Crippen LogP contribution in [0.15, 0.2) is 18.3 Å². The number of nitrogens with one attached hydrogen (secondary N) is 1. The Hall–Kier alpha value is -1.58. The van der Waals surface area contributed by atoms with Gasteiger partial charge in [-0.3, -0.25) is 0 Å². The molecule has 1 atom stereocenters. The van der Waals surface area contributed by atoms with Gasteiger partial charge in [0, 0.05) is 12.6 Å². The predicted octanol–water partition coefficient (Wildman–Crippen LogP) is 0.940. The van der Waals surface area contributed by atoms with Crippen LogP contribution in [0.3, 0.4) is 0 Å². The van der Waals surface area contributed by atoms with E-state index < -0.39 is 7.05 Å². The summed E-state index contributed by atoms with van der Waals surface area (Å²) in [5, 5.41) is 21.6. The van der Waals surface area contributed by atoms with Gasteiger partial charge < -0.3 is 15.2 Å². The van der Waals surface area contributed by atoms with E-state index >= 15 is 0 Å². The van der Waals surface area contributed by atoms with Gasteiger partial charge in [0.25, 0.3) is 0 Å². The molecule has 0 radical (unpaired) electrons. The smallest absolute Gasteiger partial charge is 0.376 e. The molecule has 1 saturated heterocycles. The first-order valence-corrected chi connectivity index (χ1v) is 6.24. The van der Waals surface area contributed by atoms with Crippen LogP contribution in [-0.4, -0.2) is 41.0 Å². The van der Waals surface area contributed by atoms with Crippen molar-refractivity contribution in [1.82, 2.24) is 9.79 Å². The third-order valence-electron chi connectivity index (χ3n) is 3.23. The molecule has 6 heteroatoms. The van der Waals surface area contributed by atoms with Crippen molar-refractivity contribution in [2.24, 2.45) is 0 Å². The molecule has 0 saturated carbocycles. The number of piperidine rings is 1. The standard InChI is InChI=1S/C12H17BN4O/c1-13(18)17-6-2-3-12(9-17)16-11-5-4-10(7-14)15-8-11/h4-5,8,12,16,18H,2-3,6,9H2,1H3/t12-/m1/s1. The molecular formula is C12H17BN4O. The average Bonchev–Trinajstić information content (AvgIpc) is 2.40. The Labute approximate surface area is 108 Å². The van der Waals surface area contributed by atoms with E-state index in [1.165, 1.54) is 0 Å². The van der Waals surface area contributed by atoms with E-state index in [2.05, 4.69) is 15.1 Å². The van der Waals surface area contributed by atoms with Crippen LogP contribution in [-0.2, 0) is 0 Å². The van der Waals surface area contributed by atoms with Crippen LogP contribution in [0.25, 0.3) is 0 Å². The lowest BCUT2D eigenvalue weighted by Gasteiger charge is -2.34. The minimum absolute atomic E-state index is 0.322. The van der Waals surface area contributed by atoms with E-state index in [4.69, 9.17) is 5.26 Å². The van der Waals surface area contributed by atoms with Crippen LogP contribution >= 0.6 is 0 Å². The van der Waals surface area contributed by atoms with E-state index in [1.54, 1.807) is 19.1 Å². The predicted molar refractivity (Wildman–Crippen MR) is 71.0 cm³/mol. The quantitative estimate of drug-likeness (QED) is 0.774. The molecule has 5 nitrogen and oxygen atoms in total. The summed E-state index contributed by atoms with van der Waals surface area (Å²) in [6.45, 7) is 3.57. The number of hydrogen-bond acceptors (Lipinski definition) is 5. The van der Waals surface area contributed by atoms with E-state index in [9.17, 15) is 5.02 Å². The lowest BCUT2D eigenvalue weighted by Crippen LogP contribution is -2.48. The molecule has 0 aromatic carbocycles. The van der Waals surface area contributed by atoms with Crippen molar-refractivity contribution in [3.63, 3.8) is 0 Å². The van der Waals surface area contributed by atoms with Crippen LogP contribution in [0, 0.1) is 11.3 Å². The van der Waals surface area contributed by atoms with Gasteiger partial charge in [0.1, 0.15) is 11.8 Å². The van der Waals surface area contributed by atoms with Crippen molar-refractivity contribution in [3.05, 3.63) is 24.0 Å². The highest BCUT2D eigenvalue weighted by molar-refractivity contribution is 6.45. The number of pyridine rings is 1. The molecule has 1 aliphatic heterocycles. The van der Waals surface area contributed by atoms with Gasteiger partial charge in [-0.25, -0.2) is 4.98 Å². The summed E-state index contributed by atoms with van der Waals surface area (Å²) in [6, 6.07) is 5.90. The van der Waals surface area contributed by atoms with Crippen molar-refractivity contribution < 1.29 is 5.02 Å². The first-order valence-electron chi connectivity index (χ1n) is 6.24. The maximum Gasteiger partial charge on any atom is 0.376 e. The van der Waals surface area contributed by atoms with Crippen molar-refractivity contribution in [1.29, 1.82) is 5.26 Å². The van der Waals surface area contributed by atoms with Gasteiger partial charge >= 0.3 is 7.05 Å². The Balaban J connectivity index is 1.94. The molecule has 18 heavy (non-hydrogen) atoms. The molecule has 0 unspecified atom stereocenters. The highest BCUT2D eigenvalue weighted by Crippen LogP contribution is 2.16. The van der Waals surface area contributed by atoms with Gasteiger partial charge in [-0.05, 0) is 38.3 Å². The third-order valence-corrected chi connectivity index (χ3v) is 3.23. The summed E-state index contributed by atoms with van der Waals surface area (Å²) in [5.74, 6) is 0. The zero-order valence-corrected chi connectivity index (χ0v) is 10.5. The Morgan fingerprint density at radius 1 is 1.61 bits per heavy atom. The minimum Gasteiger partial charge on any atom is -0.437 e. The summed E-state index contributed by atoms with van der Waals surface area (Å²) in [6.07, 6.45) is 3.84. The van der Waals surface area contributed by atoms with E-state index in [-0.39, 0.29) is 0 Å². The topological polar surface area (TPSA) is 72.2 Å². The van der Waals surface area contributed by atoms with Gasteiger partial charge in [-0.2, -0.15) is 5.26 Å². The molecule has 0 bridgehead atoms. The highest BCUT2D eigenvalue weighted by atomic mass is 16.2. The van der Waals surface area contributed by atoms with E-state index in [0.29, 0.717) is 11.7 Å². The van der Waals surface area contributed by atoms with Gasteiger partial charge in [-0.15, -0.1) is 0 Å². The fraction of sp³-hybridized carbons (Fsp3) is 0.500. The van der Waals surface area contributed by atoms with Crippen molar-refractivity contribution >= 4 is 12.7 Å². The van der Waals surface area contributed by atoms with E-state index in [0.717, 1.165) is 31.6 Å². The third kappa shape index (κ3) is 3.22. The molecule has 1 aliphatic rings.